The summed E-state index contributed by atoms with van der Waals surface area (Å²) in [4.78, 5) is 8.57. The van der Waals surface area contributed by atoms with Crippen LogP contribution in [-0.4, -0.2) is 15.7 Å². The number of rotatable bonds is 2. The average Bonchev–Trinajstić information content (AvgIpc) is 2.49. The minimum Gasteiger partial charge on any atom is -0.276 e. The Bertz CT molecular complexity index is 532. The number of aromatic nitrogens is 2. The van der Waals surface area contributed by atoms with Crippen LogP contribution in [0.5, 0.6) is 0 Å². The molecule has 0 atom stereocenters. The summed E-state index contributed by atoms with van der Waals surface area (Å²) in [6.45, 7) is 0. The molecule has 4 nitrogen and oxygen atoms in total. The van der Waals surface area contributed by atoms with Crippen molar-refractivity contribution in [1.29, 1.82) is 0 Å². The molecule has 0 saturated heterocycles. The van der Waals surface area contributed by atoms with Gasteiger partial charge in [0.2, 0.25) is 0 Å². The quantitative estimate of drug-likeness (QED) is 0.869. The monoisotopic (exact) mass is 236 g/mol. The van der Waals surface area contributed by atoms with Gasteiger partial charge in [-0.2, -0.15) is 5.10 Å². The molecule has 0 amide bonds. The minimum atomic E-state index is 0.760. The van der Waals surface area contributed by atoms with E-state index in [1.807, 2.05) is 36.4 Å². The summed E-state index contributed by atoms with van der Waals surface area (Å²) in [5, 5.41) is 4.35. The van der Waals surface area contributed by atoms with E-state index < -0.39 is 0 Å². The van der Waals surface area contributed by atoms with E-state index in [9.17, 15) is 0 Å². The van der Waals surface area contributed by atoms with E-state index in [1.54, 1.807) is 12.4 Å². The normalized spacial score (nSPS) is 14.4. The maximum Gasteiger partial charge on any atom is 0.0901 e. The van der Waals surface area contributed by atoms with Crippen LogP contribution >= 0.6 is 0 Å². The van der Waals surface area contributed by atoms with Crippen LogP contribution in [0.3, 0.4) is 0 Å². The zero-order valence-corrected chi connectivity index (χ0v) is 9.74. The summed E-state index contributed by atoms with van der Waals surface area (Å²) in [6, 6.07) is 11.6. The molecule has 0 aromatic carbocycles. The molecule has 1 aliphatic heterocycles. The van der Waals surface area contributed by atoms with E-state index in [-0.39, 0.29) is 0 Å². The fourth-order valence-electron chi connectivity index (χ4n) is 1.80. The predicted molar refractivity (Wildman–Crippen MR) is 70.7 cm³/mol. The van der Waals surface area contributed by atoms with Crippen LogP contribution in [-0.2, 0) is 0 Å². The Labute approximate surface area is 105 Å². The first-order chi connectivity index (χ1) is 8.93. The van der Waals surface area contributed by atoms with Crippen LogP contribution in [0.1, 0.15) is 17.8 Å². The van der Waals surface area contributed by atoms with Crippen molar-refractivity contribution in [2.24, 2.45) is 5.10 Å². The van der Waals surface area contributed by atoms with Crippen LogP contribution in [0.4, 0.5) is 0 Å². The molecule has 3 rings (SSSR count). The Morgan fingerprint density at radius 2 is 1.61 bits per heavy atom. The second kappa shape index (κ2) is 4.79. The first-order valence-corrected chi connectivity index (χ1v) is 5.79. The van der Waals surface area contributed by atoms with Gasteiger partial charge in [0, 0.05) is 18.8 Å². The van der Waals surface area contributed by atoms with Crippen molar-refractivity contribution in [3.8, 4) is 0 Å². The first-order valence-electron chi connectivity index (χ1n) is 5.79. The lowest BCUT2D eigenvalue weighted by atomic mass is 10.1. The summed E-state index contributed by atoms with van der Waals surface area (Å²) < 4.78 is 0. The van der Waals surface area contributed by atoms with Crippen LogP contribution in [0, 0.1) is 0 Å². The van der Waals surface area contributed by atoms with Crippen molar-refractivity contribution >= 4 is 11.4 Å². The number of hydrazone groups is 1. The molecule has 18 heavy (non-hydrogen) atoms. The van der Waals surface area contributed by atoms with Crippen LogP contribution in [0.2, 0.25) is 0 Å². The predicted octanol–water partition coefficient (Wildman–Crippen LogP) is 2.22. The number of nitrogens with one attached hydrogen (secondary N) is 1. The average molecular weight is 236 g/mol. The standard InChI is InChI=1S/C14H12N4/c1-3-9-15-11(5-1)13-7-8-14(18-17-13)12-6-2-4-10-16-12/h1-7,9-10,17H,8H2. The van der Waals surface area contributed by atoms with Gasteiger partial charge in [-0.1, -0.05) is 18.2 Å². The largest absolute Gasteiger partial charge is 0.276 e. The second-order valence-electron chi connectivity index (χ2n) is 3.92. The van der Waals surface area contributed by atoms with Gasteiger partial charge in [-0.25, -0.2) is 0 Å². The molecule has 0 fully saturated rings. The van der Waals surface area contributed by atoms with Crippen LogP contribution in [0.25, 0.3) is 5.70 Å². The van der Waals surface area contributed by atoms with Crippen molar-refractivity contribution in [2.45, 2.75) is 6.42 Å². The van der Waals surface area contributed by atoms with Crippen molar-refractivity contribution < 1.29 is 0 Å². The van der Waals surface area contributed by atoms with E-state index in [0.717, 1.165) is 29.2 Å². The molecule has 0 radical (unpaired) electrons. The number of hydrogen-bond donors (Lipinski definition) is 1. The third-order valence-electron chi connectivity index (χ3n) is 2.71. The van der Waals surface area contributed by atoms with Crippen LogP contribution < -0.4 is 5.43 Å². The molecule has 1 N–H and O–H groups in total. The molecule has 2 aromatic rings. The zero-order chi connectivity index (χ0) is 12.2. The van der Waals surface area contributed by atoms with Gasteiger partial charge in [0.15, 0.2) is 0 Å². The molecular weight excluding hydrogens is 224 g/mol. The highest BCUT2D eigenvalue weighted by Gasteiger charge is 2.11. The van der Waals surface area contributed by atoms with Gasteiger partial charge < -0.3 is 0 Å². The number of nitrogens with zero attached hydrogens (tertiary/aromatic N) is 3. The lowest BCUT2D eigenvalue weighted by molar-refractivity contribution is 0.943. The molecule has 1 aliphatic rings. The molecule has 0 aliphatic carbocycles. The molecule has 2 aromatic heterocycles. The van der Waals surface area contributed by atoms with E-state index in [1.165, 1.54) is 0 Å². The lowest BCUT2D eigenvalue weighted by Crippen LogP contribution is -2.16. The number of hydrogen-bond acceptors (Lipinski definition) is 4. The topological polar surface area (TPSA) is 50.2 Å². The number of pyridine rings is 2. The zero-order valence-electron chi connectivity index (χ0n) is 9.74. The Morgan fingerprint density at radius 1 is 0.889 bits per heavy atom. The maximum absolute atomic E-state index is 4.35. The van der Waals surface area contributed by atoms with Crippen molar-refractivity contribution in [3.63, 3.8) is 0 Å². The van der Waals surface area contributed by atoms with E-state index in [4.69, 9.17) is 0 Å². The third-order valence-corrected chi connectivity index (χ3v) is 2.71. The lowest BCUT2D eigenvalue weighted by Gasteiger charge is -2.13. The van der Waals surface area contributed by atoms with Gasteiger partial charge >= 0.3 is 0 Å². The van der Waals surface area contributed by atoms with Gasteiger partial charge in [0.25, 0.3) is 0 Å². The molecule has 4 heteroatoms. The Morgan fingerprint density at radius 3 is 2.17 bits per heavy atom. The van der Waals surface area contributed by atoms with E-state index in [0.29, 0.717) is 0 Å². The SMILES string of the molecule is C1=C(c2ccccn2)NN=C(c2ccccn2)C1. The Kier molecular flexibility index (Phi) is 2.84. The second-order valence-corrected chi connectivity index (χ2v) is 3.92. The highest BCUT2D eigenvalue weighted by molar-refractivity contribution is 6.01. The van der Waals surface area contributed by atoms with Crippen molar-refractivity contribution in [3.05, 3.63) is 66.3 Å². The van der Waals surface area contributed by atoms with Gasteiger partial charge in [-0.05, 0) is 24.3 Å². The summed E-state index contributed by atoms with van der Waals surface area (Å²) >= 11 is 0. The summed E-state index contributed by atoms with van der Waals surface area (Å²) in [5.74, 6) is 0. The highest BCUT2D eigenvalue weighted by Crippen LogP contribution is 2.14. The fraction of sp³-hybridized carbons (Fsp3) is 0.0714. The maximum atomic E-state index is 4.35. The summed E-state index contributed by atoms with van der Waals surface area (Å²) in [5.41, 5.74) is 6.72. The molecule has 88 valence electrons. The van der Waals surface area contributed by atoms with Crippen molar-refractivity contribution in [1.82, 2.24) is 15.4 Å². The molecule has 0 bridgehead atoms. The smallest absolute Gasteiger partial charge is 0.0901 e. The Balaban J connectivity index is 1.79. The highest BCUT2D eigenvalue weighted by atomic mass is 15.3. The Hall–Kier alpha value is -2.49. The molecular formula is C14H12N4. The third kappa shape index (κ3) is 2.13. The van der Waals surface area contributed by atoms with Gasteiger partial charge in [-0.3, -0.25) is 15.4 Å². The first kappa shape index (κ1) is 10.7. The molecule has 0 spiro atoms. The number of allylic oxidation sites excluding steroid dienone is 1. The molecule has 3 heterocycles. The van der Waals surface area contributed by atoms with Gasteiger partial charge in [-0.15, -0.1) is 0 Å². The summed E-state index contributed by atoms with van der Waals surface area (Å²) in [6.07, 6.45) is 6.39. The molecule has 0 saturated carbocycles. The van der Waals surface area contributed by atoms with Gasteiger partial charge in [0.05, 0.1) is 22.8 Å². The molecule has 0 unspecified atom stereocenters. The van der Waals surface area contributed by atoms with Crippen LogP contribution in [0.15, 0.2) is 60.0 Å². The minimum absolute atomic E-state index is 0.760. The van der Waals surface area contributed by atoms with E-state index in [2.05, 4.69) is 26.6 Å². The van der Waals surface area contributed by atoms with Crippen molar-refractivity contribution in [2.75, 3.05) is 0 Å². The van der Waals surface area contributed by atoms with E-state index >= 15 is 0 Å². The van der Waals surface area contributed by atoms with Gasteiger partial charge in [0.1, 0.15) is 0 Å². The fourth-order valence-corrected chi connectivity index (χ4v) is 1.80. The summed E-state index contributed by atoms with van der Waals surface area (Å²) in [7, 11) is 0.